The summed E-state index contributed by atoms with van der Waals surface area (Å²) in [5.74, 6) is 1.47. The third-order valence-corrected chi connectivity index (χ3v) is 5.03. The topological polar surface area (TPSA) is 67.4 Å². The predicted octanol–water partition coefficient (Wildman–Crippen LogP) is 7.30. The van der Waals surface area contributed by atoms with E-state index in [1.807, 2.05) is 48.5 Å². The van der Waals surface area contributed by atoms with Crippen LogP contribution < -0.4 is 15.4 Å². The fourth-order valence-electron chi connectivity index (χ4n) is 3.22. The molecule has 0 aromatic heterocycles. The standard InChI is InChI=1S/C26H36N2O3/c1-3-5-7-9-11-25(29)27-21-13-17-23(18-14-21)31-24-19-15-22(16-20-24)28-26(30)12-10-8-6-4-2/h13-20H,3-12H2,1-2H3,(H,27,29)(H,28,30). The Morgan fingerprint density at radius 3 is 1.35 bits per heavy atom. The number of unbranched alkanes of at least 4 members (excludes halogenated alkanes) is 6. The molecule has 2 amide bonds. The first-order valence-electron chi connectivity index (χ1n) is 11.6. The van der Waals surface area contributed by atoms with Crippen molar-refractivity contribution >= 4 is 23.2 Å². The van der Waals surface area contributed by atoms with E-state index in [1.165, 1.54) is 25.7 Å². The summed E-state index contributed by atoms with van der Waals surface area (Å²) in [4.78, 5) is 24.0. The number of carbonyl (C=O) groups is 2. The molecule has 0 radical (unpaired) electrons. The second-order valence-corrected chi connectivity index (χ2v) is 7.87. The van der Waals surface area contributed by atoms with Gasteiger partial charge in [-0.2, -0.15) is 0 Å². The summed E-state index contributed by atoms with van der Waals surface area (Å²) < 4.78 is 5.86. The molecule has 0 spiro atoms. The first-order valence-corrected chi connectivity index (χ1v) is 11.6. The number of carbonyl (C=O) groups excluding carboxylic acids is 2. The van der Waals surface area contributed by atoms with Gasteiger partial charge in [0.2, 0.25) is 11.8 Å². The average Bonchev–Trinajstić information content (AvgIpc) is 2.77. The molecule has 0 saturated carbocycles. The summed E-state index contributed by atoms with van der Waals surface area (Å²) in [5.41, 5.74) is 1.54. The summed E-state index contributed by atoms with van der Waals surface area (Å²) in [7, 11) is 0. The maximum Gasteiger partial charge on any atom is 0.224 e. The van der Waals surface area contributed by atoms with Gasteiger partial charge in [-0.05, 0) is 61.4 Å². The van der Waals surface area contributed by atoms with Crippen LogP contribution in [0.15, 0.2) is 48.5 Å². The Kier molecular flexibility index (Phi) is 11.2. The molecule has 0 aliphatic heterocycles. The number of rotatable bonds is 14. The number of amides is 2. The van der Waals surface area contributed by atoms with Crippen molar-refractivity contribution in [3.63, 3.8) is 0 Å². The molecule has 2 aromatic carbocycles. The van der Waals surface area contributed by atoms with E-state index >= 15 is 0 Å². The molecule has 0 aliphatic carbocycles. The smallest absolute Gasteiger partial charge is 0.224 e. The Morgan fingerprint density at radius 2 is 1.00 bits per heavy atom. The zero-order chi connectivity index (χ0) is 22.3. The van der Waals surface area contributed by atoms with Crippen molar-refractivity contribution in [1.82, 2.24) is 0 Å². The zero-order valence-electron chi connectivity index (χ0n) is 18.9. The number of ether oxygens (including phenoxy) is 1. The van der Waals surface area contributed by atoms with Crippen LogP contribution in [0.25, 0.3) is 0 Å². The molecule has 0 saturated heterocycles. The summed E-state index contributed by atoms with van der Waals surface area (Å²) in [6.07, 6.45) is 9.83. The fourth-order valence-corrected chi connectivity index (χ4v) is 3.22. The summed E-state index contributed by atoms with van der Waals surface area (Å²) >= 11 is 0. The maximum absolute atomic E-state index is 12.0. The highest BCUT2D eigenvalue weighted by Crippen LogP contribution is 2.24. The molecule has 2 aromatic rings. The van der Waals surface area contributed by atoms with Crippen molar-refractivity contribution in [2.75, 3.05) is 10.6 Å². The molecular formula is C26H36N2O3. The third-order valence-electron chi connectivity index (χ3n) is 5.03. The SMILES string of the molecule is CCCCCCC(=O)Nc1ccc(Oc2ccc(NC(=O)CCCCCC)cc2)cc1. The normalized spacial score (nSPS) is 10.5. The summed E-state index contributed by atoms with van der Waals surface area (Å²) in [6.45, 7) is 4.32. The van der Waals surface area contributed by atoms with E-state index in [9.17, 15) is 9.59 Å². The number of benzene rings is 2. The van der Waals surface area contributed by atoms with Crippen molar-refractivity contribution in [2.45, 2.75) is 78.1 Å². The van der Waals surface area contributed by atoms with Gasteiger partial charge in [-0.1, -0.05) is 52.4 Å². The van der Waals surface area contributed by atoms with Gasteiger partial charge < -0.3 is 15.4 Å². The van der Waals surface area contributed by atoms with Crippen LogP contribution in [0.2, 0.25) is 0 Å². The highest BCUT2D eigenvalue weighted by molar-refractivity contribution is 5.91. The molecule has 168 valence electrons. The quantitative estimate of drug-likeness (QED) is 0.313. The van der Waals surface area contributed by atoms with Gasteiger partial charge in [-0.25, -0.2) is 0 Å². The van der Waals surface area contributed by atoms with Crippen molar-refractivity contribution in [2.24, 2.45) is 0 Å². The molecule has 5 nitrogen and oxygen atoms in total. The van der Waals surface area contributed by atoms with Crippen LogP contribution in [0.3, 0.4) is 0 Å². The van der Waals surface area contributed by atoms with E-state index in [1.54, 1.807) is 0 Å². The fraction of sp³-hybridized carbons (Fsp3) is 0.462. The molecule has 0 bridgehead atoms. The van der Waals surface area contributed by atoms with Gasteiger partial charge in [0.15, 0.2) is 0 Å². The molecule has 2 N–H and O–H groups in total. The van der Waals surface area contributed by atoms with E-state index in [-0.39, 0.29) is 11.8 Å². The van der Waals surface area contributed by atoms with Crippen LogP contribution >= 0.6 is 0 Å². The van der Waals surface area contributed by atoms with Crippen LogP contribution in [-0.4, -0.2) is 11.8 Å². The highest BCUT2D eigenvalue weighted by atomic mass is 16.5. The first kappa shape index (κ1) is 24.4. The van der Waals surface area contributed by atoms with Gasteiger partial charge >= 0.3 is 0 Å². The Hall–Kier alpha value is -2.82. The summed E-state index contributed by atoms with van der Waals surface area (Å²) in [5, 5.41) is 5.84. The number of nitrogens with one attached hydrogen (secondary N) is 2. The zero-order valence-corrected chi connectivity index (χ0v) is 18.9. The molecule has 0 fully saturated rings. The van der Waals surface area contributed by atoms with Gasteiger partial charge in [0.25, 0.3) is 0 Å². The lowest BCUT2D eigenvalue weighted by Gasteiger charge is -2.09. The van der Waals surface area contributed by atoms with Gasteiger partial charge in [0.1, 0.15) is 11.5 Å². The lowest BCUT2D eigenvalue weighted by Crippen LogP contribution is -2.11. The van der Waals surface area contributed by atoms with E-state index in [0.717, 1.165) is 37.1 Å². The maximum atomic E-state index is 12.0. The van der Waals surface area contributed by atoms with E-state index < -0.39 is 0 Å². The molecule has 0 aliphatic rings. The third kappa shape index (κ3) is 10.2. The monoisotopic (exact) mass is 424 g/mol. The number of hydrogen-bond donors (Lipinski definition) is 2. The molecule has 0 atom stereocenters. The molecule has 31 heavy (non-hydrogen) atoms. The second kappa shape index (κ2) is 14.2. The van der Waals surface area contributed by atoms with Crippen LogP contribution in [0, 0.1) is 0 Å². The molecular weight excluding hydrogens is 388 g/mol. The number of anilines is 2. The minimum atomic E-state index is 0.0489. The van der Waals surface area contributed by atoms with Gasteiger partial charge in [0, 0.05) is 24.2 Å². The van der Waals surface area contributed by atoms with Gasteiger partial charge in [-0.3, -0.25) is 9.59 Å². The molecule has 2 rings (SSSR count). The summed E-state index contributed by atoms with van der Waals surface area (Å²) in [6, 6.07) is 14.7. The minimum Gasteiger partial charge on any atom is -0.457 e. The lowest BCUT2D eigenvalue weighted by atomic mass is 10.1. The van der Waals surface area contributed by atoms with Gasteiger partial charge in [0.05, 0.1) is 0 Å². The first-order chi connectivity index (χ1) is 15.1. The Morgan fingerprint density at radius 1 is 0.613 bits per heavy atom. The van der Waals surface area contributed by atoms with Crippen LogP contribution in [0.5, 0.6) is 11.5 Å². The molecule has 0 unspecified atom stereocenters. The van der Waals surface area contributed by atoms with Crippen molar-refractivity contribution in [3.05, 3.63) is 48.5 Å². The lowest BCUT2D eigenvalue weighted by molar-refractivity contribution is -0.117. The van der Waals surface area contributed by atoms with Crippen LogP contribution in [0.1, 0.15) is 78.1 Å². The van der Waals surface area contributed by atoms with Gasteiger partial charge in [-0.15, -0.1) is 0 Å². The second-order valence-electron chi connectivity index (χ2n) is 7.87. The van der Waals surface area contributed by atoms with Crippen LogP contribution in [0.4, 0.5) is 11.4 Å². The Bertz CT molecular complexity index is 718. The van der Waals surface area contributed by atoms with E-state index in [0.29, 0.717) is 24.3 Å². The van der Waals surface area contributed by atoms with E-state index in [4.69, 9.17) is 4.74 Å². The average molecular weight is 425 g/mol. The van der Waals surface area contributed by atoms with Crippen molar-refractivity contribution in [3.8, 4) is 11.5 Å². The van der Waals surface area contributed by atoms with Crippen molar-refractivity contribution in [1.29, 1.82) is 0 Å². The molecule has 5 heteroatoms. The van der Waals surface area contributed by atoms with Crippen LogP contribution in [-0.2, 0) is 9.59 Å². The largest absolute Gasteiger partial charge is 0.457 e. The minimum absolute atomic E-state index is 0.0489. The highest BCUT2D eigenvalue weighted by Gasteiger charge is 2.05. The van der Waals surface area contributed by atoms with Crippen molar-refractivity contribution < 1.29 is 14.3 Å². The Labute approximate surface area is 186 Å². The van der Waals surface area contributed by atoms with E-state index in [2.05, 4.69) is 24.5 Å². The Balaban J connectivity index is 1.76. The number of hydrogen-bond acceptors (Lipinski definition) is 3. The molecule has 0 heterocycles. The predicted molar refractivity (Wildman–Crippen MR) is 128 cm³/mol.